The van der Waals surface area contributed by atoms with E-state index in [4.69, 9.17) is 21.1 Å². The number of rotatable bonds is 8. The minimum absolute atomic E-state index is 0. The third kappa shape index (κ3) is 6.55. The summed E-state index contributed by atoms with van der Waals surface area (Å²) in [5, 5.41) is 6.68. The van der Waals surface area contributed by atoms with Crippen LogP contribution in [0, 0.1) is 0 Å². The molecule has 1 aromatic carbocycles. The van der Waals surface area contributed by atoms with Gasteiger partial charge in [0.1, 0.15) is 6.61 Å². The van der Waals surface area contributed by atoms with Crippen LogP contribution in [0.1, 0.15) is 26.2 Å². The van der Waals surface area contributed by atoms with Gasteiger partial charge in [0.05, 0.1) is 17.3 Å². The van der Waals surface area contributed by atoms with Gasteiger partial charge >= 0.3 is 0 Å². The Hall–Kier alpha value is -1.01. The third-order valence-electron chi connectivity index (χ3n) is 3.51. The summed E-state index contributed by atoms with van der Waals surface area (Å²) in [6.07, 6.45) is 2.63. The molecule has 5 nitrogen and oxygen atoms in total. The predicted molar refractivity (Wildman–Crippen MR) is 95.0 cm³/mol. The van der Waals surface area contributed by atoms with Gasteiger partial charge < -0.3 is 20.1 Å². The molecule has 2 N–H and O–H groups in total. The second-order valence-corrected chi connectivity index (χ2v) is 5.61. The maximum Gasteiger partial charge on any atom is 0.226 e. The quantitative estimate of drug-likeness (QED) is 0.696. The van der Waals surface area contributed by atoms with Gasteiger partial charge in [-0.1, -0.05) is 17.7 Å². The van der Waals surface area contributed by atoms with Crippen molar-refractivity contribution in [1.29, 1.82) is 0 Å². The molecule has 1 atom stereocenters. The maximum absolute atomic E-state index is 12.1. The highest BCUT2D eigenvalue weighted by Gasteiger charge is 2.19. The zero-order valence-electron chi connectivity index (χ0n) is 13.3. The average molecular weight is 363 g/mol. The van der Waals surface area contributed by atoms with Gasteiger partial charge in [0.2, 0.25) is 5.91 Å². The number of ether oxygens (including phenoxy) is 2. The molecule has 1 saturated heterocycles. The highest BCUT2D eigenvalue weighted by molar-refractivity contribution is 6.32. The first-order valence-corrected chi connectivity index (χ1v) is 8.10. The number of carbonyl (C=O) groups excluding carboxylic acids is 1. The topological polar surface area (TPSA) is 59.6 Å². The Kier molecular flexibility index (Phi) is 9.33. The van der Waals surface area contributed by atoms with Crippen molar-refractivity contribution in [3.63, 3.8) is 0 Å². The van der Waals surface area contributed by atoms with Crippen LogP contribution in [0.5, 0.6) is 5.75 Å². The van der Waals surface area contributed by atoms with E-state index in [1.54, 1.807) is 18.2 Å². The van der Waals surface area contributed by atoms with E-state index in [1.165, 1.54) is 0 Å². The van der Waals surface area contributed by atoms with E-state index in [-0.39, 0.29) is 24.4 Å². The van der Waals surface area contributed by atoms with Crippen LogP contribution in [-0.4, -0.2) is 38.3 Å². The number of hydrogen-bond acceptors (Lipinski definition) is 4. The number of carbonyl (C=O) groups is 1. The van der Waals surface area contributed by atoms with E-state index in [1.807, 2.05) is 6.92 Å². The average Bonchev–Trinajstić information content (AvgIpc) is 2.98. The Morgan fingerprint density at radius 1 is 1.43 bits per heavy atom. The van der Waals surface area contributed by atoms with Gasteiger partial charge in [0.25, 0.3) is 0 Å². The van der Waals surface area contributed by atoms with Gasteiger partial charge in [-0.25, -0.2) is 0 Å². The molecule has 1 fully saturated rings. The molecule has 0 bridgehead atoms. The van der Waals surface area contributed by atoms with Crippen LogP contribution < -0.4 is 15.4 Å². The van der Waals surface area contributed by atoms with E-state index in [2.05, 4.69) is 10.6 Å². The number of nitrogens with one attached hydrogen (secondary N) is 2. The first-order chi connectivity index (χ1) is 10.7. The molecule has 0 spiro atoms. The van der Waals surface area contributed by atoms with E-state index >= 15 is 0 Å². The van der Waals surface area contributed by atoms with E-state index in [9.17, 15) is 4.79 Å². The lowest BCUT2D eigenvalue weighted by Gasteiger charge is -2.15. The summed E-state index contributed by atoms with van der Waals surface area (Å²) in [6, 6.07) is 5.59. The second kappa shape index (κ2) is 10.7. The lowest BCUT2D eigenvalue weighted by Crippen LogP contribution is -2.27. The molecule has 0 aromatic heterocycles. The van der Waals surface area contributed by atoms with E-state index in [0.29, 0.717) is 42.7 Å². The number of para-hydroxylation sites is 1. The Balaban J connectivity index is 0.00000264. The molecule has 23 heavy (non-hydrogen) atoms. The number of anilines is 1. The van der Waals surface area contributed by atoms with Crippen LogP contribution in [0.2, 0.25) is 5.02 Å². The Labute approximate surface area is 148 Å². The van der Waals surface area contributed by atoms with Crippen LogP contribution in [0.15, 0.2) is 18.2 Å². The Morgan fingerprint density at radius 3 is 2.96 bits per heavy atom. The fourth-order valence-corrected chi connectivity index (χ4v) is 2.69. The van der Waals surface area contributed by atoms with Crippen molar-refractivity contribution >= 4 is 35.6 Å². The summed E-state index contributed by atoms with van der Waals surface area (Å²) < 4.78 is 10.9. The molecular weight excluding hydrogens is 339 g/mol. The van der Waals surface area contributed by atoms with Crippen LogP contribution >= 0.6 is 24.0 Å². The van der Waals surface area contributed by atoms with Crippen molar-refractivity contribution in [1.82, 2.24) is 5.32 Å². The molecule has 1 heterocycles. The van der Waals surface area contributed by atoms with Gasteiger partial charge in [-0.15, -0.1) is 12.4 Å². The fourth-order valence-electron chi connectivity index (χ4n) is 2.46. The van der Waals surface area contributed by atoms with Crippen molar-refractivity contribution < 1.29 is 14.3 Å². The van der Waals surface area contributed by atoms with Crippen molar-refractivity contribution in [3.8, 4) is 5.75 Å². The molecule has 1 aliphatic heterocycles. The summed E-state index contributed by atoms with van der Waals surface area (Å²) in [4.78, 5) is 12.1. The summed E-state index contributed by atoms with van der Waals surface area (Å²) in [7, 11) is 0. The van der Waals surface area contributed by atoms with Crippen molar-refractivity contribution in [2.45, 2.75) is 32.2 Å². The number of hydrogen-bond donors (Lipinski definition) is 2. The SMILES string of the molecule is CCOCCOc1c(Cl)cccc1NC(=O)CC1CCCN1.Cl. The molecule has 1 aromatic rings. The maximum atomic E-state index is 12.1. The van der Waals surface area contributed by atoms with Crippen LogP contribution in [0.25, 0.3) is 0 Å². The van der Waals surface area contributed by atoms with Gasteiger partial charge in [-0.05, 0) is 38.4 Å². The summed E-state index contributed by atoms with van der Waals surface area (Å²) in [6.45, 7) is 4.44. The molecule has 2 rings (SSSR count). The standard InChI is InChI=1S/C16H23ClN2O3.ClH/c1-2-21-9-10-22-16-13(17)6-3-7-14(16)19-15(20)11-12-5-4-8-18-12;/h3,6-7,12,18H,2,4-5,8-11H2,1H3,(H,19,20);1H. The van der Waals surface area contributed by atoms with Crippen molar-refractivity contribution in [3.05, 3.63) is 23.2 Å². The molecule has 0 radical (unpaired) electrons. The van der Waals surface area contributed by atoms with Crippen molar-refractivity contribution in [2.75, 3.05) is 31.7 Å². The first-order valence-electron chi connectivity index (χ1n) is 7.73. The van der Waals surface area contributed by atoms with Gasteiger partial charge in [-0.3, -0.25) is 4.79 Å². The fraction of sp³-hybridized carbons (Fsp3) is 0.562. The monoisotopic (exact) mass is 362 g/mol. The molecule has 0 saturated carbocycles. The highest BCUT2D eigenvalue weighted by atomic mass is 35.5. The molecule has 1 amide bonds. The molecule has 7 heteroatoms. The molecule has 130 valence electrons. The summed E-state index contributed by atoms with van der Waals surface area (Å²) in [5.74, 6) is 0.466. The smallest absolute Gasteiger partial charge is 0.226 e. The second-order valence-electron chi connectivity index (χ2n) is 5.21. The predicted octanol–water partition coefficient (Wildman–Crippen LogP) is 3.26. The Morgan fingerprint density at radius 2 is 2.26 bits per heavy atom. The minimum atomic E-state index is -0.0312. The lowest BCUT2D eigenvalue weighted by molar-refractivity contribution is -0.116. The lowest BCUT2D eigenvalue weighted by atomic mass is 10.1. The van der Waals surface area contributed by atoms with Gasteiger partial charge in [0.15, 0.2) is 5.75 Å². The van der Waals surface area contributed by atoms with Crippen LogP contribution in [0.4, 0.5) is 5.69 Å². The zero-order chi connectivity index (χ0) is 15.8. The molecule has 1 aliphatic rings. The number of amides is 1. The van der Waals surface area contributed by atoms with E-state index in [0.717, 1.165) is 19.4 Å². The van der Waals surface area contributed by atoms with Crippen LogP contribution in [0.3, 0.4) is 0 Å². The largest absolute Gasteiger partial charge is 0.487 e. The molecular formula is C16H24Cl2N2O3. The normalized spacial score (nSPS) is 16.7. The third-order valence-corrected chi connectivity index (χ3v) is 3.81. The Bertz CT molecular complexity index is 494. The van der Waals surface area contributed by atoms with Crippen molar-refractivity contribution in [2.24, 2.45) is 0 Å². The molecule has 0 aliphatic carbocycles. The summed E-state index contributed by atoms with van der Waals surface area (Å²) in [5.41, 5.74) is 0.604. The van der Waals surface area contributed by atoms with Gasteiger partial charge in [-0.2, -0.15) is 0 Å². The first kappa shape index (κ1) is 20.0. The van der Waals surface area contributed by atoms with Crippen LogP contribution in [-0.2, 0) is 9.53 Å². The van der Waals surface area contributed by atoms with E-state index < -0.39 is 0 Å². The highest BCUT2D eigenvalue weighted by Crippen LogP contribution is 2.33. The van der Waals surface area contributed by atoms with Gasteiger partial charge in [0, 0.05) is 19.1 Å². The zero-order valence-corrected chi connectivity index (χ0v) is 14.8. The minimum Gasteiger partial charge on any atom is -0.487 e. The number of halogens is 2. The summed E-state index contributed by atoms with van der Waals surface area (Å²) >= 11 is 6.17. The molecule has 1 unspecified atom stereocenters. The number of benzene rings is 1.